The molecule has 0 radical (unpaired) electrons. The van der Waals surface area contributed by atoms with Crippen LogP contribution < -0.4 is 15.4 Å². The van der Waals surface area contributed by atoms with Crippen molar-refractivity contribution < 1.29 is 23.9 Å². The highest BCUT2D eigenvalue weighted by Crippen LogP contribution is 2.35. The molecule has 0 saturated heterocycles. The van der Waals surface area contributed by atoms with Crippen molar-refractivity contribution in [1.29, 1.82) is 0 Å². The van der Waals surface area contributed by atoms with Crippen molar-refractivity contribution in [1.82, 2.24) is 10.6 Å². The molecule has 0 heterocycles. The molecule has 0 aromatic heterocycles. The Balaban J connectivity index is 1.20. The predicted molar refractivity (Wildman–Crippen MR) is 138 cm³/mol. The maximum atomic E-state index is 13.3. The van der Waals surface area contributed by atoms with E-state index in [9.17, 15) is 14.4 Å². The molecule has 0 atom stereocenters. The number of carbonyl (C=O) groups excluding carboxylic acids is 3. The van der Waals surface area contributed by atoms with E-state index >= 15 is 0 Å². The molecule has 2 N–H and O–H groups in total. The van der Waals surface area contributed by atoms with E-state index < -0.39 is 6.09 Å². The summed E-state index contributed by atoms with van der Waals surface area (Å²) in [6.07, 6.45) is 2.19. The van der Waals surface area contributed by atoms with Gasteiger partial charge in [0, 0.05) is 35.9 Å². The molecule has 1 aliphatic rings. The fourth-order valence-electron chi connectivity index (χ4n) is 4.77. The zero-order chi connectivity index (χ0) is 25.3. The zero-order valence-electron chi connectivity index (χ0n) is 20.5. The molecular formula is C29H32N2O5. The Bertz CT molecular complexity index is 1200. The first-order valence-electron chi connectivity index (χ1n) is 12.4. The van der Waals surface area contributed by atoms with Crippen LogP contribution in [0.2, 0.25) is 0 Å². The molecule has 1 saturated carbocycles. The molecule has 0 bridgehead atoms. The second-order valence-electron chi connectivity index (χ2n) is 9.05. The SMILES string of the molecule is COc1ccc(C(=O)C2CCC(C(=O)NCCNC(=O)OCc3ccccc3)CC2)c2ccccc12. The quantitative estimate of drug-likeness (QED) is 0.331. The third kappa shape index (κ3) is 6.22. The number of ether oxygens (including phenoxy) is 2. The topological polar surface area (TPSA) is 93.7 Å². The number of hydrogen-bond acceptors (Lipinski definition) is 5. The van der Waals surface area contributed by atoms with Crippen molar-refractivity contribution in [2.45, 2.75) is 32.3 Å². The number of hydrogen-bond donors (Lipinski definition) is 2. The Morgan fingerprint density at radius 3 is 2.14 bits per heavy atom. The Labute approximate surface area is 211 Å². The summed E-state index contributed by atoms with van der Waals surface area (Å²) in [5.74, 6) is 0.640. The van der Waals surface area contributed by atoms with Crippen molar-refractivity contribution >= 4 is 28.6 Å². The fourth-order valence-corrected chi connectivity index (χ4v) is 4.77. The van der Waals surface area contributed by atoms with Crippen LogP contribution in [0.3, 0.4) is 0 Å². The van der Waals surface area contributed by atoms with E-state index in [4.69, 9.17) is 9.47 Å². The molecule has 0 unspecified atom stereocenters. The van der Waals surface area contributed by atoms with Crippen molar-refractivity contribution in [3.63, 3.8) is 0 Å². The molecule has 1 aliphatic carbocycles. The van der Waals surface area contributed by atoms with Crippen molar-refractivity contribution in [2.24, 2.45) is 11.8 Å². The van der Waals surface area contributed by atoms with E-state index in [0.29, 0.717) is 37.8 Å². The fraction of sp³-hybridized carbons (Fsp3) is 0.345. The summed E-state index contributed by atoms with van der Waals surface area (Å²) in [4.78, 5) is 37.7. The number of carbonyl (C=O) groups is 3. The maximum absolute atomic E-state index is 13.3. The van der Waals surface area contributed by atoms with Gasteiger partial charge in [-0.1, -0.05) is 54.6 Å². The standard InChI is InChI=1S/C29H32N2O5/c1-35-26-16-15-25(23-9-5-6-10-24(23)26)27(32)21-11-13-22(14-12-21)28(33)30-17-18-31-29(34)36-19-20-7-3-2-4-8-20/h2-10,15-16,21-22H,11-14,17-19H2,1H3,(H,30,33)(H,31,34). The first-order chi connectivity index (χ1) is 17.6. The average Bonchev–Trinajstić information content (AvgIpc) is 2.93. The number of nitrogens with one attached hydrogen (secondary N) is 2. The summed E-state index contributed by atoms with van der Waals surface area (Å²) in [7, 11) is 1.63. The minimum Gasteiger partial charge on any atom is -0.496 e. The number of alkyl carbamates (subject to hydrolysis) is 1. The van der Waals surface area contributed by atoms with Gasteiger partial charge < -0.3 is 20.1 Å². The molecule has 36 heavy (non-hydrogen) atoms. The monoisotopic (exact) mass is 488 g/mol. The molecule has 0 spiro atoms. The molecule has 7 heteroatoms. The van der Waals surface area contributed by atoms with Gasteiger partial charge in [0.2, 0.25) is 5.91 Å². The number of amides is 2. The Hall–Kier alpha value is -3.87. The molecule has 188 valence electrons. The number of rotatable bonds is 9. The number of Topliss-reactive ketones (excluding diaryl/α,β-unsaturated/α-hetero) is 1. The highest BCUT2D eigenvalue weighted by Gasteiger charge is 2.31. The van der Waals surface area contributed by atoms with Crippen molar-refractivity contribution in [3.05, 3.63) is 77.9 Å². The second-order valence-corrected chi connectivity index (χ2v) is 9.05. The summed E-state index contributed by atoms with van der Waals surface area (Å²) in [5.41, 5.74) is 1.62. The van der Waals surface area contributed by atoms with Crippen LogP contribution in [-0.2, 0) is 16.1 Å². The van der Waals surface area contributed by atoms with Crippen LogP contribution in [0.5, 0.6) is 5.75 Å². The summed E-state index contributed by atoms with van der Waals surface area (Å²) in [6.45, 7) is 0.820. The number of fused-ring (bicyclic) bond motifs is 1. The average molecular weight is 489 g/mol. The van der Waals surface area contributed by atoms with Gasteiger partial charge >= 0.3 is 6.09 Å². The van der Waals surface area contributed by atoms with Crippen LogP contribution >= 0.6 is 0 Å². The maximum Gasteiger partial charge on any atom is 0.407 e. The molecule has 0 aliphatic heterocycles. The van der Waals surface area contributed by atoms with Gasteiger partial charge in [-0.25, -0.2) is 4.79 Å². The van der Waals surface area contributed by atoms with Crippen LogP contribution in [0.25, 0.3) is 10.8 Å². The Morgan fingerprint density at radius 1 is 0.778 bits per heavy atom. The smallest absolute Gasteiger partial charge is 0.407 e. The van der Waals surface area contributed by atoms with Crippen LogP contribution in [0.1, 0.15) is 41.6 Å². The predicted octanol–water partition coefficient (Wildman–Crippen LogP) is 4.88. The molecule has 1 fully saturated rings. The molecule has 4 rings (SSSR count). The zero-order valence-corrected chi connectivity index (χ0v) is 20.5. The van der Waals surface area contributed by atoms with Gasteiger partial charge in [0.25, 0.3) is 0 Å². The van der Waals surface area contributed by atoms with E-state index in [1.54, 1.807) is 7.11 Å². The van der Waals surface area contributed by atoms with Crippen LogP contribution in [0.15, 0.2) is 66.7 Å². The van der Waals surface area contributed by atoms with E-state index in [1.807, 2.05) is 66.7 Å². The van der Waals surface area contributed by atoms with Gasteiger partial charge in [0.1, 0.15) is 12.4 Å². The van der Waals surface area contributed by atoms with Crippen LogP contribution in [0, 0.1) is 11.8 Å². The minimum absolute atomic E-state index is 0.0322. The largest absolute Gasteiger partial charge is 0.496 e. The number of methoxy groups -OCH3 is 1. The molecule has 3 aromatic carbocycles. The van der Waals surface area contributed by atoms with Crippen LogP contribution in [-0.4, -0.2) is 38.0 Å². The third-order valence-electron chi connectivity index (χ3n) is 6.74. The molecule has 2 amide bonds. The highest BCUT2D eigenvalue weighted by molar-refractivity contribution is 6.10. The summed E-state index contributed by atoms with van der Waals surface area (Å²) >= 11 is 0. The second kappa shape index (κ2) is 12.2. The third-order valence-corrected chi connectivity index (χ3v) is 6.74. The number of benzene rings is 3. The Morgan fingerprint density at radius 2 is 1.42 bits per heavy atom. The molecule has 3 aromatic rings. The lowest BCUT2D eigenvalue weighted by Gasteiger charge is -2.27. The van der Waals surface area contributed by atoms with E-state index in [0.717, 1.165) is 22.1 Å². The normalized spacial score (nSPS) is 17.2. The lowest BCUT2D eigenvalue weighted by Crippen LogP contribution is -2.39. The lowest BCUT2D eigenvalue weighted by atomic mass is 9.77. The van der Waals surface area contributed by atoms with E-state index in [1.165, 1.54) is 0 Å². The van der Waals surface area contributed by atoms with Crippen LogP contribution in [0.4, 0.5) is 4.79 Å². The van der Waals surface area contributed by atoms with E-state index in [2.05, 4.69) is 10.6 Å². The first-order valence-corrected chi connectivity index (χ1v) is 12.4. The van der Waals surface area contributed by atoms with Gasteiger partial charge in [-0.15, -0.1) is 0 Å². The van der Waals surface area contributed by atoms with Gasteiger partial charge in [0.15, 0.2) is 5.78 Å². The summed E-state index contributed by atoms with van der Waals surface area (Å²) in [6, 6.07) is 20.9. The highest BCUT2D eigenvalue weighted by atomic mass is 16.5. The van der Waals surface area contributed by atoms with Gasteiger partial charge in [0.05, 0.1) is 7.11 Å². The van der Waals surface area contributed by atoms with Gasteiger partial charge in [-0.2, -0.15) is 0 Å². The van der Waals surface area contributed by atoms with Gasteiger partial charge in [-0.05, 0) is 48.8 Å². The molecule has 7 nitrogen and oxygen atoms in total. The molecular weight excluding hydrogens is 456 g/mol. The van der Waals surface area contributed by atoms with Crippen molar-refractivity contribution in [3.8, 4) is 5.75 Å². The van der Waals surface area contributed by atoms with Gasteiger partial charge in [-0.3, -0.25) is 9.59 Å². The van der Waals surface area contributed by atoms with E-state index in [-0.39, 0.29) is 36.7 Å². The lowest BCUT2D eigenvalue weighted by molar-refractivity contribution is -0.126. The first kappa shape index (κ1) is 25.2. The summed E-state index contributed by atoms with van der Waals surface area (Å²) in [5, 5.41) is 7.36. The minimum atomic E-state index is -0.516. The number of ketones is 1. The Kier molecular flexibility index (Phi) is 8.55. The summed E-state index contributed by atoms with van der Waals surface area (Å²) < 4.78 is 10.6. The van der Waals surface area contributed by atoms with Crippen molar-refractivity contribution in [2.75, 3.05) is 20.2 Å².